The van der Waals surface area contributed by atoms with E-state index in [4.69, 9.17) is 17.7 Å². The normalized spacial score (nSPS) is 19.1. The van der Waals surface area contributed by atoms with Crippen LogP contribution in [0.15, 0.2) is 54.6 Å². The fraction of sp³-hybridized carbons (Fsp3) is 0.400. The van der Waals surface area contributed by atoms with Gasteiger partial charge in [0.15, 0.2) is 0 Å². The SMILES string of the molecule is [2H]C(OCCN1CCCCC1)(c1ccccc1)c1ccc(Cl)cc1. The average molecular weight is 331 g/mol. The molecular formula is C20H24ClNO. The Morgan fingerprint density at radius 3 is 2.30 bits per heavy atom. The van der Waals surface area contributed by atoms with Crippen LogP contribution in [-0.2, 0) is 4.74 Å². The Labute approximate surface area is 145 Å². The Hall–Kier alpha value is -1.35. The van der Waals surface area contributed by atoms with Gasteiger partial charge in [0.1, 0.15) is 6.08 Å². The summed E-state index contributed by atoms with van der Waals surface area (Å²) >= 11 is 6.00. The van der Waals surface area contributed by atoms with Gasteiger partial charge >= 0.3 is 0 Å². The molecule has 3 heteroatoms. The smallest absolute Gasteiger partial charge is 0.108 e. The van der Waals surface area contributed by atoms with Crippen molar-refractivity contribution in [1.82, 2.24) is 4.90 Å². The van der Waals surface area contributed by atoms with Gasteiger partial charge in [0.2, 0.25) is 0 Å². The zero-order chi connectivity index (χ0) is 16.8. The molecule has 0 N–H and O–H groups in total. The van der Waals surface area contributed by atoms with Crippen LogP contribution < -0.4 is 0 Å². The lowest BCUT2D eigenvalue weighted by molar-refractivity contribution is 0.0557. The summed E-state index contributed by atoms with van der Waals surface area (Å²) in [5.74, 6) is 0. The molecule has 0 spiro atoms. The lowest BCUT2D eigenvalue weighted by Gasteiger charge is -2.27. The molecular weight excluding hydrogens is 306 g/mol. The minimum Gasteiger partial charge on any atom is -0.367 e. The predicted molar refractivity (Wildman–Crippen MR) is 96.0 cm³/mol. The van der Waals surface area contributed by atoms with Gasteiger partial charge in [-0.3, -0.25) is 0 Å². The number of rotatable bonds is 6. The molecule has 1 fully saturated rings. The van der Waals surface area contributed by atoms with E-state index in [-0.39, 0.29) is 0 Å². The first-order valence-electron chi connectivity index (χ1n) is 8.86. The molecule has 1 unspecified atom stereocenters. The van der Waals surface area contributed by atoms with E-state index in [1.807, 2.05) is 54.6 Å². The Bertz CT molecular complexity index is 628. The zero-order valence-electron chi connectivity index (χ0n) is 14.4. The van der Waals surface area contributed by atoms with E-state index < -0.39 is 6.08 Å². The molecule has 2 aromatic rings. The number of ether oxygens (including phenoxy) is 1. The highest BCUT2D eigenvalue weighted by Gasteiger charge is 2.16. The average Bonchev–Trinajstić information content (AvgIpc) is 2.64. The van der Waals surface area contributed by atoms with Gasteiger partial charge in [0, 0.05) is 11.6 Å². The van der Waals surface area contributed by atoms with Gasteiger partial charge < -0.3 is 9.64 Å². The van der Waals surface area contributed by atoms with Gasteiger partial charge in [-0.2, -0.15) is 0 Å². The third-order valence-electron chi connectivity index (χ3n) is 4.24. The number of nitrogens with zero attached hydrogens (tertiary/aromatic N) is 1. The minimum atomic E-state index is -1.21. The Morgan fingerprint density at radius 1 is 0.957 bits per heavy atom. The van der Waals surface area contributed by atoms with Crippen LogP contribution in [0.3, 0.4) is 0 Å². The molecule has 1 aliphatic heterocycles. The van der Waals surface area contributed by atoms with E-state index >= 15 is 0 Å². The summed E-state index contributed by atoms with van der Waals surface area (Å²) in [5.41, 5.74) is 1.64. The van der Waals surface area contributed by atoms with Gasteiger partial charge in [-0.15, -0.1) is 0 Å². The van der Waals surface area contributed by atoms with Gasteiger partial charge in [0.05, 0.1) is 7.98 Å². The lowest BCUT2D eigenvalue weighted by Crippen LogP contribution is -2.33. The second-order valence-electron chi connectivity index (χ2n) is 5.95. The molecule has 23 heavy (non-hydrogen) atoms. The second-order valence-corrected chi connectivity index (χ2v) is 6.39. The van der Waals surface area contributed by atoms with Crippen LogP contribution in [0.1, 0.15) is 37.8 Å². The van der Waals surface area contributed by atoms with Crippen LogP contribution >= 0.6 is 11.6 Å². The first-order valence-corrected chi connectivity index (χ1v) is 8.74. The fourth-order valence-electron chi connectivity index (χ4n) is 2.98. The molecule has 2 nitrogen and oxygen atoms in total. The summed E-state index contributed by atoms with van der Waals surface area (Å²) in [4.78, 5) is 2.43. The van der Waals surface area contributed by atoms with Crippen molar-refractivity contribution in [3.63, 3.8) is 0 Å². The van der Waals surface area contributed by atoms with Crippen LogP contribution in [0.25, 0.3) is 0 Å². The molecule has 0 aliphatic carbocycles. The Kier molecular flexibility index (Phi) is 5.61. The van der Waals surface area contributed by atoms with Crippen LogP contribution in [0.2, 0.25) is 5.02 Å². The largest absolute Gasteiger partial charge is 0.367 e. The summed E-state index contributed by atoms with van der Waals surface area (Å²) in [6, 6.07) is 17.1. The van der Waals surface area contributed by atoms with Crippen LogP contribution in [-0.4, -0.2) is 31.1 Å². The molecule has 1 atom stereocenters. The number of hydrogen-bond donors (Lipinski definition) is 0. The van der Waals surface area contributed by atoms with E-state index in [0.717, 1.165) is 30.8 Å². The first kappa shape index (κ1) is 15.2. The third-order valence-corrected chi connectivity index (χ3v) is 4.50. The topological polar surface area (TPSA) is 12.5 Å². The zero-order valence-corrected chi connectivity index (χ0v) is 14.1. The first-order chi connectivity index (χ1) is 11.7. The van der Waals surface area contributed by atoms with Gasteiger partial charge in [-0.05, 0) is 49.2 Å². The van der Waals surface area contributed by atoms with Crippen molar-refractivity contribution >= 4 is 11.6 Å². The standard InChI is InChI=1S/C20H24ClNO/c21-19-11-9-18(10-12-19)20(17-7-3-1-4-8-17)23-16-15-22-13-5-2-6-14-22/h1,3-4,7-12,20H,2,5-6,13-16H2/i20D. The quantitative estimate of drug-likeness (QED) is 0.744. The molecule has 1 aliphatic rings. The molecule has 0 aromatic heterocycles. The number of benzene rings is 2. The van der Waals surface area contributed by atoms with E-state index in [1.54, 1.807) is 0 Å². The highest BCUT2D eigenvalue weighted by molar-refractivity contribution is 6.30. The van der Waals surface area contributed by atoms with E-state index in [2.05, 4.69) is 4.90 Å². The minimum absolute atomic E-state index is 0.543. The molecule has 1 saturated heterocycles. The summed E-state index contributed by atoms with van der Waals surface area (Å²) in [7, 11) is 0. The van der Waals surface area contributed by atoms with E-state index in [9.17, 15) is 0 Å². The molecule has 0 bridgehead atoms. The van der Waals surface area contributed by atoms with E-state index in [0.29, 0.717) is 11.6 Å². The highest BCUT2D eigenvalue weighted by Crippen LogP contribution is 2.27. The van der Waals surface area contributed by atoms with Gasteiger partial charge in [0.25, 0.3) is 0 Å². The number of hydrogen-bond acceptors (Lipinski definition) is 2. The van der Waals surface area contributed by atoms with Crippen LogP contribution in [0, 0.1) is 0 Å². The van der Waals surface area contributed by atoms with E-state index in [1.165, 1.54) is 19.3 Å². The number of likely N-dealkylation sites (tertiary alicyclic amines) is 1. The second kappa shape index (κ2) is 8.49. The molecule has 1 heterocycles. The molecule has 2 aromatic carbocycles. The number of piperidine rings is 1. The molecule has 3 rings (SSSR count). The summed E-state index contributed by atoms with van der Waals surface area (Å²) in [6.45, 7) is 3.70. The molecule has 0 radical (unpaired) electrons. The summed E-state index contributed by atoms with van der Waals surface area (Å²) in [5, 5.41) is 0.669. The van der Waals surface area contributed by atoms with Crippen LogP contribution in [0.5, 0.6) is 0 Å². The fourth-order valence-corrected chi connectivity index (χ4v) is 3.11. The maximum Gasteiger partial charge on any atom is 0.108 e. The van der Waals surface area contributed by atoms with Gasteiger partial charge in [-0.25, -0.2) is 0 Å². The Balaban J connectivity index is 1.76. The number of halogens is 1. The summed E-state index contributed by atoms with van der Waals surface area (Å²) in [6.07, 6.45) is 2.65. The predicted octanol–water partition coefficient (Wildman–Crippen LogP) is 4.93. The maximum absolute atomic E-state index is 9.01. The van der Waals surface area contributed by atoms with Gasteiger partial charge in [-0.1, -0.05) is 60.5 Å². The lowest BCUT2D eigenvalue weighted by atomic mass is 10.0. The third kappa shape index (κ3) is 4.81. The van der Waals surface area contributed by atoms with Crippen molar-refractivity contribution in [3.05, 3.63) is 70.7 Å². The maximum atomic E-state index is 9.01. The molecule has 122 valence electrons. The molecule has 0 amide bonds. The van der Waals surface area contributed by atoms with Crippen molar-refractivity contribution in [3.8, 4) is 0 Å². The molecule has 0 saturated carbocycles. The Morgan fingerprint density at radius 2 is 1.61 bits per heavy atom. The monoisotopic (exact) mass is 330 g/mol. The van der Waals surface area contributed by atoms with Crippen molar-refractivity contribution in [2.24, 2.45) is 0 Å². The van der Waals surface area contributed by atoms with Crippen molar-refractivity contribution < 1.29 is 6.11 Å². The summed E-state index contributed by atoms with van der Waals surface area (Å²) < 4.78 is 15.1. The van der Waals surface area contributed by atoms with Crippen molar-refractivity contribution in [1.29, 1.82) is 0 Å². The van der Waals surface area contributed by atoms with Crippen LogP contribution in [0.4, 0.5) is 0 Å². The van der Waals surface area contributed by atoms with Crippen molar-refractivity contribution in [2.75, 3.05) is 26.2 Å². The van der Waals surface area contributed by atoms with Crippen molar-refractivity contribution in [2.45, 2.75) is 25.3 Å². The highest BCUT2D eigenvalue weighted by atomic mass is 35.5.